The zero-order valence-electron chi connectivity index (χ0n) is 11.4. The van der Waals surface area contributed by atoms with Gasteiger partial charge in [0.05, 0.1) is 0 Å². The van der Waals surface area contributed by atoms with E-state index in [4.69, 9.17) is 0 Å². The molecule has 0 bridgehead atoms. The summed E-state index contributed by atoms with van der Waals surface area (Å²) in [5, 5.41) is 3.26. The van der Waals surface area contributed by atoms with Crippen molar-refractivity contribution >= 4 is 5.78 Å². The highest BCUT2D eigenvalue weighted by Crippen LogP contribution is 2.59. The molecule has 1 heterocycles. The highest BCUT2D eigenvalue weighted by molar-refractivity contribution is 6.00. The van der Waals surface area contributed by atoms with E-state index in [9.17, 15) is 18.0 Å². The molecule has 1 aromatic carbocycles. The van der Waals surface area contributed by atoms with Crippen LogP contribution < -0.4 is 10.1 Å². The highest BCUT2D eigenvalue weighted by Gasteiger charge is 2.57. The molecule has 0 radical (unpaired) electrons. The van der Waals surface area contributed by atoms with Crippen molar-refractivity contribution in [1.29, 1.82) is 0 Å². The molecule has 1 saturated heterocycles. The van der Waals surface area contributed by atoms with Gasteiger partial charge in [-0.05, 0) is 49.9 Å². The van der Waals surface area contributed by atoms with Crippen molar-refractivity contribution in [3.05, 3.63) is 29.8 Å². The number of alkyl halides is 3. The van der Waals surface area contributed by atoms with E-state index in [0.717, 1.165) is 32.4 Å². The van der Waals surface area contributed by atoms with Gasteiger partial charge in [-0.2, -0.15) is 0 Å². The topological polar surface area (TPSA) is 38.3 Å². The van der Waals surface area contributed by atoms with Crippen molar-refractivity contribution in [3.63, 3.8) is 0 Å². The van der Waals surface area contributed by atoms with Gasteiger partial charge in [-0.25, -0.2) is 0 Å². The maximum atomic E-state index is 12.4. The van der Waals surface area contributed by atoms with Crippen molar-refractivity contribution in [2.24, 2.45) is 11.3 Å². The average Bonchev–Trinajstić information content (AvgIpc) is 3.10. The molecule has 3 rings (SSSR count). The van der Waals surface area contributed by atoms with Gasteiger partial charge in [-0.1, -0.05) is 12.1 Å². The molecule has 3 nitrogen and oxygen atoms in total. The quantitative estimate of drug-likeness (QED) is 0.871. The lowest BCUT2D eigenvalue weighted by molar-refractivity contribution is -0.274. The molecule has 1 spiro atoms. The molecule has 2 fully saturated rings. The highest BCUT2D eigenvalue weighted by atomic mass is 19.4. The number of ketones is 1. The van der Waals surface area contributed by atoms with Gasteiger partial charge in [-0.15, -0.1) is 13.2 Å². The van der Waals surface area contributed by atoms with Gasteiger partial charge in [0.25, 0.3) is 0 Å². The minimum Gasteiger partial charge on any atom is -0.406 e. The molecular weight excluding hydrogens is 283 g/mol. The van der Waals surface area contributed by atoms with Gasteiger partial charge in [0.1, 0.15) is 5.75 Å². The maximum absolute atomic E-state index is 12.4. The Balaban J connectivity index is 1.72. The molecule has 1 aliphatic heterocycles. The first-order valence-electron chi connectivity index (χ1n) is 7.00. The number of nitrogens with one attached hydrogen (secondary N) is 1. The van der Waals surface area contributed by atoms with E-state index in [1.54, 1.807) is 6.07 Å². The minimum absolute atomic E-state index is 0.0549. The third-order valence-corrected chi connectivity index (χ3v) is 4.46. The van der Waals surface area contributed by atoms with Gasteiger partial charge in [0.15, 0.2) is 5.78 Å². The van der Waals surface area contributed by atoms with Crippen LogP contribution in [-0.4, -0.2) is 25.2 Å². The third kappa shape index (κ3) is 3.05. The predicted molar refractivity (Wildman–Crippen MR) is 70.1 cm³/mol. The molecule has 1 unspecified atom stereocenters. The first-order valence-corrected chi connectivity index (χ1v) is 7.00. The number of hydrogen-bond acceptors (Lipinski definition) is 3. The number of carbonyl (C=O) groups is 1. The summed E-state index contributed by atoms with van der Waals surface area (Å²) in [6, 6.07) is 5.37. The number of halogens is 3. The molecule has 1 aliphatic carbocycles. The first kappa shape index (κ1) is 14.4. The van der Waals surface area contributed by atoms with E-state index in [-0.39, 0.29) is 22.9 Å². The molecule has 1 aromatic rings. The smallest absolute Gasteiger partial charge is 0.406 e. The van der Waals surface area contributed by atoms with Crippen LogP contribution in [0.2, 0.25) is 0 Å². The molecule has 6 heteroatoms. The molecular formula is C15H16F3NO2. The van der Waals surface area contributed by atoms with Gasteiger partial charge >= 0.3 is 6.36 Å². The molecule has 21 heavy (non-hydrogen) atoms. The number of rotatable bonds is 3. The zero-order chi connectivity index (χ0) is 15.1. The number of hydrogen-bond donors (Lipinski definition) is 1. The van der Waals surface area contributed by atoms with E-state index < -0.39 is 6.36 Å². The van der Waals surface area contributed by atoms with E-state index >= 15 is 0 Å². The van der Waals surface area contributed by atoms with Crippen LogP contribution in [-0.2, 0) is 0 Å². The van der Waals surface area contributed by atoms with Gasteiger partial charge < -0.3 is 10.1 Å². The Morgan fingerprint density at radius 2 is 2.00 bits per heavy atom. The monoisotopic (exact) mass is 299 g/mol. The zero-order valence-corrected chi connectivity index (χ0v) is 11.4. The largest absolute Gasteiger partial charge is 0.573 e. The van der Waals surface area contributed by atoms with Crippen LogP contribution in [0.3, 0.4) is 0 Å². The van der Waals surface area contributed by atoms with Gasteiger partial charge in [0.2, 0.25) is 0 Å². The number of Topliss-reactive ketones (excluding diaryl/α,β-unsaturated/α-hetero) is 1. The summed E-state index contributed by atoms with van der Waals surface area (Å²) in [6.45, 7) is 1.81. The van der Waals surface area contributed by atoms with Crippen LogP contribution in [0.4, 0.5) is 13.2 Å². The van der Waals surface area contributed by atoms with E-state index in [2.05, 4.69) is 10.1 Å². The molecule has 0 amide bonds. The van der Waals surface area contributed by atoms with Crippen LogP contribution in [0.15, 0.2) is 24.3 Å². The first-order chi connectivity index (χ1) is 9.90. The number of piperidine rings is 1. The van der Waals surface area contributed by atoms with Gasteiger partial charge in [-0.3, -0.25) is 4.79 Å². The Hall–Kier alpha value is -1.56. The van der Waals surface area contributed by atoms with Crippen molar-refractivity contribution in [2.45, 2.75) is 25.6 Å². The molecule has 2 aliphatic rings. The van der Waals surface area contributed by atoms with Crippen LogP contribution in [0, 0.1) is 11.3 Å². The lowest BCUT2D eigenvalue weighted by Crippen LogP contribution is -2.30. The molecule has 114 valence electrons. The fourth-order valence-electron chi connectivity index (χ4n) is 3.24. The normalized spacial score (nSPS) is 23.9. The summed E-state index contributed by atoms with van der Waals surface area (Å²) < 4.78 is 40.5. The van der Waals surface area contributed by atoms with Crippen LogP contribution in [0.1, 0.15) is 29.6 Å². The summed E-state index contributed by atoms with van der Waals surface area (Å²) >= 11 is 0. The Morgan fingerprint density at radius 1 is 1.29 bits per heavy atom. The number of ether oxygens (including phenoxy) is 1. The van der Waals surface area contributed by atoms with Crippen LogP contribution in [0.5, 0.6) is 5.75 Å². The second kappa shape index (κ2) is 5.02. The van der Waals surface area contributed by atoms with E-state index in [1.165, 1.54) is 18.2 Å². The van der Waals surface area contributed by atoms with Gasteiger partial charge in [0, 0.05) is 11.5 Å². The molecule has 1 saturated carbocycles. The summed E-state index contributed by atoms with van der Waals surface area (Å²) in [4.78, 5) is 12.4. The van der Waals surface area contributed by atoms with E-state index in [1.807, 2.05) is 0 Å². The maximum Gasteiger partial charge on any atom is 0.573 e. The third-order valence-electron chi connectivity index (χ3n) is 4.46. The summed E-state index contributed by atoms with van der Waals surface area (Å²) in [6.07, 6.45) is -1.97. The Labute approximate surface area is 120 Å². The standard InChI is InChI=1S/C15H16F3NO2/c16-15(17,18)21-11-3-1-2-10(8-11)13(20)12-9-14(12)4-6-19-7-5-14/h1-3,8,12,19H,4-7,9H2. The summed E-state index contributed by atoms with van der Waals surface area (Å²) in [5.74, 6) is -0.460. The lowest BCUT2D eigenvalue weighted by atomic mass is 9.89. The number of carbonyl (C=O) groups excluding carboxylic acids is 1. The molecule has 0 aromatic heterocycles. The van der Waals surface area contributed by atoms with Crippen molar-refractivity contribution in [2.75, 3.05) is 13.1 Å². The Morgan fingerprint density at radius 3 is 2.67 bits per heavy atom. The lowest BCUT2D eigenvalue weighted by Gasteiger charge is -2.23. The molecule has 1 N–H and O–H groups in total. The van der Waals surface area contributed by atoms with Crippen molar-refractivity contribution in [1.82, 2.24) is 5.32 Å². The SMILES string of the molecule is O=C(c1cccc(OC(F)(F)F)c1)C1CC12CCNCC2. The van der Waals surface area contributed by atoms with Crippen LogP contribution in [0.25, 0.3) is 0 Å². The predicted octanol–water partition coefficient (Wildman–Crippen LogP) is 3.16. The second-order valence-electron chi connectivity index (χ2n) is 5.81. The Bertz CT molecular complexity index is 550. The number of benzene rings is 1. The summed E-state index contributed by atoms with van der Waals surface area (Å²) in [7, 11) is 0. The Kier molecular flexibility index (Phi) is 3.43. The minimum atomic E-state index is -4.74. The molecule has 1 atom stereocenters. The average molecular weight is 299 g/mol. The second-order valence-corrected chi connectivity index (χ2v) is 5.81. The fourth-order valence-corrected chi connectivity index (χ4v) is 3.24. The summed E-state index contributed by atoms with van der Waals surface area (Å²) in [5.41, 5.74) is 0.376. The van der Waals surface area contributed by atoms with Crippen molar-refractivity contribution < 1.29 is 22.7 Å². The van der Waals surface area contributed by atoms with Crippen LogP contribution >= 0.6 is 0 Å². The fraction of sp³-hybridized carbons (Fsp3) is 0.533. The van der Waals surface area contributed by atoms with Crippen molar-refractivity contribution in [3.8, 4) is 5.75 Å². The van der Waals surface area contributed by atoms with E-state index in [0.29, 0.717) is 5.56 Å².